The van der Waals surface area contributed by atoms with E-state index in [1.165, 1.54) is 24.5 Å². The second-order valence-electron chi connectivity index (χ2n) is 15.1. The Morgan fingerprint density at radius 2 is 1.83 bits per heavy atom. The summed E-state index contributed by atoms with van der Waals surface area (Å²) in [6.45, 7) is 25.0. The predicted octanol–water partition coefficient (Wildman–Crippen LogP) is 8.71. The second kappa shape index (κ2) is 12.8. The number of ether oxygens (including phenoxy) is 3. The summed E-state index contributed by atoms with van der Waals surface area (Å²) in [5.41, 5.74) is 2.13. The molecule has 4 rings (SSSR count). The van der Waals surface area contributed by atoms with Gasteiger partial charge in [0.05, 0.1) is 11.5 Å². The van der Waals surface area contributed by atoms with Gasteiger partial charge in [0.25, 0.3) is 0 Å². The Hall–Kier alpha value is -2.22. The number of hydrogen-bond donors (Lipinski definition) is 0. The number of hydrogen-bond acceptors (Lipinski definition) is 5. The van der Waals surface area contributed by atoms with Crippen LogP contribution in [-0.4, -0.2) is 39.1 Å². The van der Waals surface area contributed by atoms with Gasteiger partial charge in [0.2, 0.25) is 6.20 Å². The molecule has 232 valence electrons. The Balaban J connectivity index is 1.66. The lowest BCUT2D eigenvalue weighted by Gasteiger charge is -2.50. The lowest BCUT2D eigenvalue weighted by molar-refractivity contribution is -0.400. The van der Waals surface area contributed by atoms with E-state index in [-0.39, 0.29) is 28.8 Å². The fraction of sp³-hybridized carbons (Fsp3) is 0.657. The minimum atomic E-state index is -1.15. The molecule has 0 N–H and O–H groups in total. The minimum Gasteiger partial charge on any atom is -0.490 e. The summed E-state index contributed by atoms with van der Waals surface area (Å²) in [6, 6.07) is 8.83. The third kappa shape index (κ3) is 6.94. The van der Waals surface area contributed by atoms with E-state index in [9.17, 15) is 10.1 Å². The van der Waals surface area contributed by atoms with Crippen LogP contribution in [0.25, 0.3) is 6.08 Å². The molecule has 2 fully saturated rings. The molecule has 9 atom stereocenters. The summed E-state index contributed by atoms with van der Waals surface area (Å²) >= 11 is 0. The maximum atomic E-state index is 10.8. The molecule has 0 spiro atoms. The molecule has 0 bridgehead atoms. The van der Waals surface area contributed by atoms with Gasteiger partial charge in [-0.05, 0) is 66.7 Å². The minimum absolute atomic E-state index is 0.0204. The average molecular weight is 596 g/mol. The first-order chi connectivity index (χ1) is 19.7. The summed E-state index contributed by atoms with van der Waals surface area (Å²) in [4.78, 5) is 10.3. The van der Waals surface area contributed by atoms with Crippen LogP contribution in [0.15, 0.2) is 54.8 Å². The molecule has 1 aromatic rings. The predicted molar refractivity (Wildman–Crippen MR) is 174 cm³/mol. The van der Waals surface area contributed by atoms with E-state index in [0.29, 0.717) is 37.1 Å². The van der Waals surface area contributed by atoms with E-state index >= 15 is 0 Å². The first-order valence-corrected chi connectivity index (χ1v) is 19.5. The van der Waals surface area contributed by atoms with Crippen LogP contribution in [0.5, 0.6) is 5.75 Å². The van der Waals surface area contributed by atoms with E-state index < -0.39 is 13.0 Å². The molecule has 7 heteroatoms. The second-order valence-corrected chi connectivity index (χ2v) is 20.8. The molecule has 0 amide bonds. The first kappa shape index (κ1) is 32.7. The van der Waals surface area contributed by atoms with Gasteiger partial charge in [-0.15, -0.1) is 6.58 Å². The van der Waals surface area contributed by atoms with Crippen molar-refractivity contribution in [3.05, 3.63) is 70.4 Å². The summed E-state index contributed by atoms with van der Waals surface area (Å²) in [7, 11) is -1.15. The van der Waals surface area contributed by atoms with Crippen molar-refractivity contribution in [1.82, 2.24) is 0 Å². The van der Waals surface area contributed by atoms with Gasteiger partial charge in [-0.25, -0.2) is 0 Å². The van der Waals surface area contributed by atoms with Crippen LogP contribution in [0, 0.1) is 56.5 Å². The van der Waals surface area contributed by atoms with E-state index in [4.69, 9.17) is 14.2 Å². The van der Waals surface area contributed by atoms with Crippen molar-refractivity contribution in [1.29, 1.82) is 0 Å². The van der Waals surface area contributed by atoms with Crippen molar-refractivity contribution in [2.75, 3.05) is 20.0 Å². The molecule has 3 aliphatic carbocycles. The molecule has 42 heavy (non-hydrogen) atoms. The molecule has 0 aromatic heterocycles. The summed E-state index contributed by atoms with van der Waals surface area (Å²) in [5, 5.41) is 10.8. The van der Waals surface area contributed by atoms with Crippen LogP contribution in [0.4, 0.5) is 0 Å². The first-order valence-electron chi connectivity index (χ1n) is 15.8. The lowest BCUT2D eigenvalue weighted by atomic mass is 9.54. The maximum absolute atomic E-state index is 10.8. The van der Waals surface area contributed by atoms with Gasteiger partial charge in [0, 0.05) is 43.9 Å². The van der Waals surface area contributed by atoms with Gasteiger partial charge in [0.1, 0.15) is 18.6 Å². The van der Waals surface area contributed by atoms with E-state index in [1.54, 1.807) is 0 Å². The highest BCUT2D eigenvalue weighted by Gasteiger charge is 2.66. The van der Waals surface area contributed by atoms with Gasteiger partial charge in [-0.2, -0.15) is 0 Å². The van der Waals surface area contributed by atoms with Gasteiger partial charge in [0.15, 0.2) is 0 Å². The van der Waals surface area contributed by atoms with Crippen LogP contribution >= 0.6 is 0 Å². The Labute approximate surface area is 254 Å². The van der Waals surface area contributed by atoms with Crippen LogP contribution in [0.2, 0.25) is 25.7 Å². The van der Waals surface area contributed by atoms with Crippen LogP contribution in [0.3, 0.4) is 0 Å². The smallest absolute Gasteiger partial charge is 0.235 e. The molecule has 2 saturated carbocycles. The van der Waals surface area contributed by atoms with Gasteiger partial charge >= 0.3 is 0 Å². The van der Waals surface area contributed by atoms with Crippen molar-refractivity contribution in [2.24, 2.45) is 46.3 Å². The zero-order chi connectivity index (χ0) is 30.9. The van der Waals surface area contributed by atoms with Gasteiger partial charge in [-0.1, -0.05) is 77.2 Å². The third-order valence-electron chi connectivity index (χ3n) is 10.5. The van der Waals surface area contributed by atoms with E-state index in [1.807, 2.05) is 24.3 Å². The SMILES string of the molecule is C=C[C@]1(C)C=C(C)[C@H]2[C@@H]([C@@H](Oc3ccc(/C=C/[N+](=O)[O-])cc3)[C@H]3[C@H](C)C[C@H](C)C[C@@]32C)[C@@H]1COCOCC[Si](C)(C)C. The van der Waals surface area contributed by atoms with Gasteiger partial charge < -0.3 is 14.2 Å². The molecule has 6 nitrogen and oxygen atoms in total. The summed E-state index contributed by atoms with van der Waals surface area (Å²) in [5.74, 6) is 3.28. The number of rotatable bonds is 12. The van der Waals surface area contributed by atoms with Crippen molar-refractivity contribution in [2.45, 2.75) is 79.2 Å². The zero-order valence-electron chi connectivity index (χ0n) is 27.1. The highest BCUT2D eigenvalue weighted by molar-refractivity contribution is 6.76. The van der Waals surface area contributed by atoms with Crippen LogP contribution in [0.1, 0.15) is 53.0 Å². The third-order valence-corrected chi connectivity index (χ3v) is 12.2. The van der Waals surface area contributed by atoms with E-state index in [0.717, 1.165) is 30.2 Å². The molecular weight excluding hydrogens is 542 g/mol. The molecule has 1 aromatic carbocycles. The Morgan fingerprint density at radius 3 is 2.45 bits per heavy atom. The number of allylic oxidation sites excluding steroid dienone is 3. The number of nitro groups is 1. The van der Waals surface area contributed by atoms with Crippen molar-refractivity contribution >= 4 is 14.1 Å². The molecule has 0 aliphatic heterocycles. The molecule has 0 unspecified atom stereocenters. The maximum Gasteiger partial charge on any atom is 0.235 e. The molecule has 3 aliphatic rings. The summed E-state index contributed by atoms with van der Waals surface area (Å²) in [6.07, 6.45) is 9.48. The quantitative estimate of drug-likeness (QED) is 0.0603. The monoisotopic (exact) mass is 595 g/mol. The largest absolute Gasteiger partial charge is 0.490 e. The number of fused-ring (bicyclic) bond motifs is 3. The van der Waals surface area contributed by atoms with Crippen molar-refractivity contribution in [3.8, 4) is 5.75 Å². The summed E-state index contributed by atoms with van der Waals surface area (Å²) < 4.78 is 19.3. The Morgan fingerprint density at radius 1 is 1.14 bits per heavy atom. The fourth-order valence-electron chi connectivity index (χ4n) is 8.98. The normalized spacial score (nSPS) is 36.3. The van der Waals surface area contributed by atoms with Gasteiger partial charge in [-0.3, -0.25) is 10.1 Å². The van der Waals surface area contributed by atoms with E-state index in [2.05, 4.69) is 73.0 Å². The zero-order valence-corrected chi connectivity index (χ0v) is 28.1. The average Bonchev–Trinajstić information content (AvgIpc) is 3.14. The van der Waals surface area contributed by atoms with Crippen LogP contribution < -0.4 is 4.74 Å². The lowest BCUT2D eigenvalue weighted by Crippen LogP contribution is -2.46. The van der Waals surface area contributed by atoms with Crippen molar-refractivity contribution < 1.29 is 19.1 Å². The topological polar surface area (TPSA) is 70.8 Å². The van der Waals surface area contributed by atoms with Crippen LogP contribution in [-0.2, 0) is 9.47 Å². The van der Waals surface area contributed by atoms with Crippen molar-refractivity contribution in [3.63, 3.8) is 0 Å². The highest BCUT2D eigenvalue weighted by Crippen LogP contribution is 2.68. The Kier molecular flexibility index (Phi) is 9.95. The number of nitrogens with zero attached hydrogens (tertiary/aromatic N) is 1. The molecular formula is C35H53NO5Si. The molecule has 0 heterocycles. The standard InChI is InChI=1S/C35H53NO5Si/c1-10-34(5)21-26(4)31-30(29(34)22-40-23-39-17-18-42(7,8)9)33(32-25(3)19-24(2)20-35(31,32)6)41-28-13-11-27(12-14-28)15-16-36(37)38/h10-16,21,24-25,29-33H,1,17-20,22-23H2,2-9H3/b16-15+/t24-,25+,29-,30-,31-,32+,33+,34+,35+/m0/s1. The Bertz CT molecular complexity index is 1170. The molecule has 0 radical (unpaired) electrons. The number of benzene rings is 1. The fourth-order valence-corrected chi connectivity index (χ4v) is 9.73. The highest BCUT2D eigenvalue weighted by atomic mass is 28.3. The molecule has 0 saturated heterocycles.